The van der Waals surface area contributed by atoms with Gasteiger partial charge in [-0.3, -0.25) is 9.48 Å². The fourth-order valence-corrected chi connectivity index (χ4v) is 4.11. The van der Waals surface area contributed by atoms with Crippen molar-refractivity contribution in [3.8, 4) is 17.2 Å². The molecule has 0 spiro atoms. The van der Waals surface area contributed by atoms with Crippen molar-refractivity contribution < 1.29 is 18.8 Å². The Labute approximate surface area is 179 Å². The highest BCUT2D eigenvalue weighted by Gasteiger charge is 2.30. The molecule has 2 aliphatic heterocycles. The number of ether oxygens (including phenoxy) is 2. The number of amides is 1. The molecule has 0 bridgehead atoms. The fourth-order valence-electron chi connectivity index (χ4n) is 4.11. The summed E-state index contributed by atoms with van der Waals surface area (Å²) in [6, 6.07) is 7.67. The second-order valence-corrected chi connectivity index (χ2v) is 8.02. The number of carbonyl (C=O) groups excluding carboxylic acids is 1. The molecule has 162 valence electrons. The van der Waals surface area contributed by atoms with Crippen molar-refractivity contribution in [1.29, 1.82) is 0 Å². The first-order chi connectivity index (χ1) is 15.2. The summed E-state index contributed by atoms with van der Waals surface area (Å²) in [7, 11) is 1.80. The van der Waals surface area contributed by atoms with Crippen LogP contribution in [0.1, 0.15) is 41.4 Å². The smallest absolute Gasteiger partial charge is 0.261 e. The predicted octanol–water partition coefficient (Wildman–Crippen LogP) is 2.66. The summed E-state index contributed by atoms with van der Waals surface area (Å²) in [6.45, 7) is 2.63. The number of rotatable bonds is 5. The highest BCUT2D eigenvalue weighted by molar-refractivity contribution is 5.93. The molecule has 4 heterocycles. The second-order valence-electron chi connectivity index (χ2n) is 8.02. The van der Waals surface area contributed by atoms with Crippen molar-refractivity contribution in [2.75, 3.05) is 26.3 Å². The summed E-state index contributed by atoms with van der Waals surface area (Å²) >= 11 is 0. The average molecular weight is 423 g/mol. The van der Waals surface area contributed by atoms with Crippen LogP contribution >= 0.6 is 0 Å². The first-order valence-corrected chi connectivity index (χ1v) is 10.6. The zero-order valence-corrected chi connectivity index (χ0v) is 17.4. The van der Waals surface area contributed by atoms with Crippen molar-refractivity contribution in [2.24, 2.45) is 7.05 Å². The Bertz CT molecular complexity index is 1060. The van der Waals surface area contributed by atoms with Gasteiger partial charge in [-0.1, -0.05) is 17.3 Å². The van der Waals surface area contributed by atoms with Crippen molar-refractivity contribution in [1.82, 2.24) is 24.8 Å². The molecule has 1 aromatic carbocycles. The number of para-hydroxylation sites is 1. The number of carbonyl (C=O) groups is 1. The quantitative estimate of drug-likeness (QED) is 0.622. The van der Waals surface area contributed by atoms with Crippen LogP contribution in [0.2, 0.25) is 0 Å². The van der Waals surface area contributed by atoms with Crippen LogP contribution in [0.25, 0.3) is 11.5 Å². The normalized spacial score (nSPS) is 19.6. The van der Waals surface area contributed by atoms with Gasteiger partial charge in [-0.25, -0.2) is 0 Å². The van der Waals surface area contributed by atoms with E-state index >= 15 is 0 Å². The van der Waals surface area contributed by atoms with Crippen LogP contribution < -0.4 is 4.74 Å². The van der Waals surface area contributed by atoms with Gasteiger partial charge in [0.2, 0.25) is 0 Å². The maximum atomic E-state index is 12.7. The molecule has 9 heteroatoms. The fraction of sp³-hybridized carbons (Fsp3) is 0.455. The minimum atomic E-state index is -0.0975. The minimum Gasteiger partial charge on any atom is -0.488 e. The number of benzene rings is 1. The van der Waals surface area contributed by atoms with Gasteiger partial charge in [0.1, 0.15) is 11.9 Å². The number of nitrogens with zero attached hydrogens (tertiary/aromatic N) is 5. The molecule has 2 aromatic heterocycles. The van der Waals surface area contributed by atoms with Gasteiger partial charge in [0.25, 0.3) is 11.8 Å². The molecule has 1 unspecified atom stereocenters. The molecular formula is C22H25N5O4. The van der Waals surface area contributed by atoms with E-state index in [1.807, 2.05) is 24.3 Å². The van der Waals surface area contributed by atoms with E-state index in [4.69, 9.17) is 14.0 Å². The number of aromatic nitrogens is 4. The number of likely N-dealkylation sites (tertiary alicyclic amines) is 1. The van der Waals surface area contributed by atoms with E-state index in [0.717, 1.165) is 43.9 Å². The molecule has 0 N–H and O–H groups in total. The zero-order chi connectivity index (χ0) is 21.2. The van der Waals surface area contributed by atoms with Gasteiger partial charge >= 0.3 is 0 Å². The van der Waals surface area contributed by atoms with Crippen LogP contribution in [0.3, 0.4) is 0 Å². The Morgan fingerprint density at radius 1 is 1.19 bits per heavy atom. The van der Waals surface area contributed by atoms with Crippen LogP contribution in [0.4, 0.5) is 0 Å². The Kier molecular flexibility index (Phi) is 5.42. The van der Waals surface area contributed by atoms with E-state index < -0.39 is 0 Å². The van der Waals surface area contributed by atoms with Crippen molar-refractivity contribution in [3.05, 3.63) is 48.0 Å². The van der Waals surface area contributed by atoms with Crippen molar-refractivity contribution in [2.45, 2.75) is 31.3 Å². The molecule has 5 rings (SSSR count). The minimum absolute atomic E-state index is 0.0227. The summed E-state index contributed by atoms with van der Waals surface area (Å²) in [5.74, 6) is 2.11. The summed E-state index contributed by atoms with van der Waals surface area (Å²) in [4.78, 5) is 19.1. The maximum absolute atomic E-state index is 12.7. The van der Waals surface area contributed by atoms with E-state index in [1.54, 1.807) is 29.0 Å². The molecule has 1 amide bonds. The Balaban J connectivity index is 1.28. The van der Waals surface area contributed by atoms with Crippen LogP contribution in [0.5, 0.6) is 5.75 Å². The number of hydrogen-bond donors (Lipinski definition) is 0. The van der Waals surface area contributed by atoms with E-state index in [1.165, 1.54) is 0 Å². The van der Waals surface area contributed by atoms with Crippen LogP contribution in [0, 0.1) is 0 Å². The molecule has 0 aliphatic carbocycles. The molecule has 31 heavy (non-hydrogen) atoms. The average Bonchev–Trinajstić information content (AvgIpc) is 3.55. The molecule has 9 nitrogen and oxygen atoms in total. The zero-order valence-electron chi connectivity index (χ0n) is 17.4. The Hall–Kier alpha value is -3.20. The Morgan fingerprint density at radius 2 is 2.03 bits per heavy atom. The first kappa shape index (κ1) is 19.7. The van der Waals surface area contributed by atoms with Gasteiger partial charge in [-0.2, -0.15) is 10.1 Å². The van der Waals surface area contributed by atoms with Gasteiger partial charge in [-0.15, -0.1) is 0 Å². The third-order valence-electron chi connectivity index (χ3n) is 5.82. The lowest BCUT2D eigenvalue weighted by atomic mass is 10.00. The lowest BCUT2D eigenvalue weighted by molar-refractivity contribution is 0.0772. The van der Waals surface area contributed by atoms with Gasteiger partial charge in [-0.05, 0) is 25.0 Å². The summed E-state index contributed by atoms with van der Waals surface area (Å²) in [5.41, 5.74) is 1.36. The van der Waals surface area contributed by atoms with Gasteiger partial charge < -0.3 is 18.9 Å². The van der Waals surface area contributed by atoms with Gasteiger partial charge in [0.05, 0.1) is 23.9 Å². The molecule has 2 aliphatic rings. The van der Waals surface area contributed by atoms with Gasteiger partial charge in [0.15, 0.2) is 5.82 Å². The lowest BCUT2D eigenvalue weighted by Crippen LogP contribution is -2.30. The lowest BCUT2D eigenvalue weighted by Gasteiger charge is -2.18. The summed E-state index contributed by atoms with van der Waals surface area (Å²) < 4.78 is 18.9. The van der Waals surface area contributed by atoms with E-state index in [0.29, 0.717) is 30.3 Å². The third-order valence-corrected chi connectivity index (χ3v) is 5.82. The molecule has 3 aromatic rings. The molecule has 0 radical (unpaired) electrons. The van der Waals surface area contributed by atoms with E-state index in [-0.39, 0.29) is 17.9 Å². The Morgan fingerprint density at radius 3 is 2.84 bits per heavy atom. The van der Waals surface area contributed by atoms with Gasteiger partial charge in [0, 0.05) is 45.3 Å². The topological polar surface area (TPSA) is 95.5 Å². The third kappa shape index (κ3) is 4.18. The van der Waals surface area contributed by atoms with Crippen LogP contribution in [0.15, 0.2) is 41.2 Å². The molecule has 1 atom stereocenters. The standard InChI is InChI=1S/C22H25N5O4/c1-26-13-16(12-23-26)22(28)27-9-6-17(14-27)30-19-5-3-2-4-18(19)21-24-20(25-31-21)15-7-10-29-11-8-15/h2-5,12-13,15,17H,6-11,14H2,1H3. The predicted molar refractivity (Wildman–Crippen MR) is 111 cm³/mol. The highest BCUT2D eigenvalue weighted by atomic mass is 16.5. The summed E-state index contributed by atoms with van der Waals surface area (Å²) in [6.07, 6.45) is 5.80. The van der Waals surface area contributed by atoms with Crippen LogP contribution in [-0.2, 0) is 11.8 Å². The summed E-state index contributed by atoms with van der Waals surface area (Å²) in [5, 5.41) is 8.29. The van der Waals surface area contributed by atoms with E-state index in [2.05, 4.69) is 15.2 Å². The molecule has 2 fully saturated rings. The highest BCUT2D eigenvalue weighted by Crippen LogP contribution is 2.33. The largest absolute Gasteiger partial charge is 0.488 e. The van der Waals surface area contributed by atoms with Crippen molar-refractivity contribution in [3.63, 3.8) is 0 Å². The molecule has 2 saturated heterocycles. The van der Waals surface area contributed by atoms with Crippen molar-refractivity contribution >= 4 is 5.91 Å². The maximum Gasteiger partial charge on any atom is 0.261 e. The SMILES string of the molecule is Cn1cc(C(=O)N2CCC(Oc3ccccc3-c3nc(C4CCOCC4)no3)C2)cn1. The number of aryl methyl sites for hydroxylation is 1. The molecule has 0 saturated carbocycles. The monoisotopic (exact) mass is 423 g/mol. The second kappa shape index (κ2) is 8.50. The first-order valence-electron chi connectivity index (χ1n) is 10.6. The van der Waals surface area contributed by atoms with Crippen LogP contribution in [-0.4, -0.2) is 63.1 Å². The molecular weight excluding hydrogens is 398 g/mol. The van der Waals surface area contributed by atoms with E-state index in [9.17, 15) is 4.79 Å². The number of hydrogen-bond acceptors (Lipinski definition) is 7.